The van der Waals surface area contributed by atoms with Crippen LogP contribution in [0.4, 0.5) is 0 Å². The van der Waals surface area contributed by atoms with Crippen LogP contribution in [0.25, 0.3) is 0 Å². The van der Waals surface area contributed by atoms with Crippen molar-refractivity contribution in [2.45, 2.75) is 11.0 Å². The Hall–Kier alpha value is -0.530. The standard InChI is InChI=1S/C10H7Cl2IN2O2/c11-6-1-2-8(7(12)3-6)16-5-10-14-9(4-13)15-17-10/h1-3H,4-5H2. The van der Waals surface area contributed by atoms with E-state index >= 15 is 0 Å². The van der Waals surface area contributed by atoms with Gasteiger partial charge < -0.3 is 9.26 Å². The van der Waals surface area contributed by atoms with Gasteiger partial charge >= 0.3 is 0 Å². The zero-order valence-electron chi connectivity index (χ0n) is 8.49. The lowest BCUT2D eigenvalue weighted by atomic mass is 10.3. The molecule has 1 aromatic heterocycles. The Kier molecular flexibility index (Phi) is 4.47. The number of hydrogen-bond donors (Lipinski definition) is 0. The Morgan fingerprint density at radius 2 is 2.18 bits per heavy atom. The smallest absolute Gasteiger partial charge is 0.264 e. The molecule has 4 nitrogen and oxygen atoms in total. The van der Waals surface area contributed by atoms with Crippen molar-refractivity contribution in [2.75, 3.05) is 0 Å². The number of halogens is 3. The first-order chi connectivity index (χ1) is 8.19. The van der Waals surface area contributed by atoms with E-state index in [0.29, 0.717) is 31.9 Å². The summed E-state index contributed by atoms with van der Waals surface area (Å²) in [7, 11) is 0. The molecule has 0 aliphatic carbocycles. The van der Waals surface area contributed by atoms with Gasteiger partial charge in [-0.25, -0.2) is 0 Å². The number of nitrogens with zero attached hydrogens (tertiary/aromatic N) is 2. The molecule has 0 amide bonds. The third kappa shape index (κ3) is 3.46. The first kappa shape index (κ1) is 12.9. The fraction of sp³-hybridized carbons (Fsp3) is 0.200. The second-order valence-electron chi connectivity index (χ2n) is 3.10. The summed E-state index contributed by atoms with van der Waals surface area (Å²) in [4.78, 5) is 4.11. The summed E-state index contributed by atoms with van der Waals surface area (Å²) >= 11 is 13.9. The summed E-state index contributed by atoms with van der Waals surface area (Å²) in [5.74, 6) is 1.60. The van der Waals surface area contributed by atoms with Crippen LogP contribution >= 0.6 is 45.8 Å². The Morgan fingerprint density at radius 3 is 2.82 bits per heavy atom. The maximum atomic E-state index is 5.95. The highest BCUT2D eigenvalue weighted by Gasteiger charge is 2.07. The fourth-order valence-electron chi connectivity index (χ4n) is 1.13. The second-order valence-corrected chi connectivity index (χ2v) is 4.71. The van der Waals surface area contributed by atoms with Crippen LogP contribution in [0.15, 0.2) is 22.7 Å². The summed E-state index contributed by atoms with van der Waals surface area (Å²) in [6, 6.07) is 5.01. The molecule has 0 saturated heterocycles. The molecule has 0 radical (unpaired) electrons. The molecular weight excluding hydrogens is 378 g/mol. The van der Waals surface area contributed by atoms with Crippen LogP contribution in [-0.4, -0.2) is 10.1 Å². The van der Waals surface area contributed by atoms with Crippen LogP contribution in [0.1, 0.15) is 11.7 Å². The molecule has 0 saturated carbocycles. The first-order valence-electron chi connectivity index (χ1n) is 4.64. The molecule has 1 heterocycles. The topological polar surface area (TPSA) is 48.2 Å². The van der Waals surface area contributed by atoms with E-state index in [1.54, 1.807) is 18.2 Å². The van der Waals surface area contributed by atoms with E-state index in [2.05, 4.69) is 32.7 Å². The highest BCUT2D eigenvalue weighted by atomic mass is 127. The van der Waals surface area contributed by atoms with Gasteiger partial charge in [0.05, 0.1) is 9.45 Å². The molecule has 0 fully saturated rings. The number of hydrogen-bond acceptors (Lipinski definition) is 4. The monoisotopic (exact) mass is 384 g/mol. The van der Waals surface area contributed by atoms with E-state index in [0.717, 1.165) is 0 Å². The molecule has 0 spiro atoms. The average Bonchev–Trinajstić information content (AvgIpc) is 2.76. The predicted molar refractivity (Wildman–Crippen MR) is 72.8 cm³/mol. The minimum absolute atomic E-state index is 0.186. The van der Waals surface area contributed by atoms with Crippen molar-refractivity contribution in [3.8, 4) is 5.75 Å². The van der Waals surface area contributed by atoms with Crippen LogP contribution < -0.4 is 4.74 Å². The summed E-state index contributed by atoms with van der Waals surface area (Å²) < 4.78 is 11.1. The van der Waals surface area contributed by atoms with E-state index in [9.17, 15) is 0 Å². The second kappa shape index (κ2) is 5.88. The van der Waals surface area contributed by atoms with E-state index < -0.39 is 0 Å². The summed E-state index contributed by atoms with van der Waals surface area (Å²) in [5, 5.41) is 4.77. The normalized spacial score (nSPS) is 10.5. The van der Waals surface area contributed by atoms with E-state index in [-0.39, 0.29) is 6.61 Å². The van der Waals surface area contributed by atoms with Gasteiger partial charge in [0.2, 0.25) is 0 Å². The maximum Gasteiger partial charge on any atom is 0.264 e. The molecule has 2 rings (SSSR count). The Labute approximate surface area is 121 Å². The molecule has 0 unspecified atom stereocenters. The summed E-state index contributed by atoms with van der Waals surface area (Å²) in [6.07, 6.45) is 0. The van der Waals surface area contributed by atoms with Crippen molar-refractivity contribution in [1.82, 2.24) is 10.1 Å². The summed E-state index contributed by atoms with van der Waals surface area (Å²) in [6.45, 7) is 0.186. The molecule has 0 aliphatic heterocycles. The molecule has 0 bridgehead atoms. The van der Waals surface area contributed by atoms with Gasteiger partial charge in [0.1, 0.15) is 5.75 Å². The number of rotatable bonds is 4. The van der Waals surface area contributed by atoms with Crippen molar-refractivity contribution < 1.29 is 9.26 Å². The van der Waals surface area contributed by atoms with Gasteiger partial charge in [-0.15, -0.1) is 0 Å². The van der Waals surface area contributed by atoms with Gasteiger partial charge in [0.25, 0.3) is 5.89 Å². The average molecular weight is 385 g/mol. The third-order valence-electron chi connectivity index (χ3n) is 1.87. The summed E-state index contributed by atoms with van der Waals surface area (Å²) in [5.41, 5.74) is 0. The lowest BCUT2D eigenvalue weighted by molar-refractivity contribution is 0.242. The number of ether oxygens (including phenoxy) is 1. The quantitative estimate of drug-likeness (QED) is 0.592. The zero-order valence-corrected chi connectivity index (χ0v) is 12.2. The van der Waals surface area contributed by atoms with Crippen molar-refractivity contribution in [2.24, 2.45) is 0 Å². The minimum atomic E-state index is 0.186. The third-order valence-corrected chi connectivity index (χ3v) is 3.09. The van der Waals surface area contributed by atoms with Crippen LogP contribution in [0.5, 0.6) is 5.75 Å². The van der Waals surface area contributed by atoms with E-state index in [1.165, 1.54) is 0 Å². The molecule has 1 aromatic carbocycles. The van der Waals surface area contributed by atoms with Gasteiger partial charge in [0.15, 0.2) is 12.4 Å². The lowest BCUT2D eigenvalue weighted by Gasteiger charge is -2.05. The Bertz CT molecular complexity index is 519. The van der Waals surface area contributed by atoms with Gasteiger partial charge in [-0.2, -0.15) is 4.98 Å². The first-order valence-corrected chi connectivity index (χ1v) is 6.92. The molecule has 0 N–H and O–H groups in total. The van der Waals surface area contributed by atoms with Crippen molar-refractivity contribution in [3.63, 3.8) is 0 Å². The van der Waals surface area contributed by atoms with E-state index in [1.807, 2.05) is 0 Å². The van der Waals surface area contributed by atoms with Crippen molar-refractivity contribution in [3.05, 3.63) is 40.0 Å². The molecule has 0 aliphatic rings. The molecular formula is C10H7Cl2IN2O2. The highest BCUT2D eigenvalue weighted by Crippen LogP contribution is 2.27. The number of aromatic nitrogens is 2. The Morgan fingerprint density at radius 1 is 1.35 bits per heavy atom. The number of benzene rings is 1. The van der Waals surface area contributed by atoms with E-state index in [4.69, 9.17) is 32.5 Å². The highest BCUT2D eigenvalue weighted by molar-refractivity contribution is 14.1. The fourth-order valence-corrected chi connectivity index (χ4v) is 1.91. The van der Waals surface area contributed by atoms with Gasteiger partial charge in [-0.05, 0) is 18.2 Å². The van der Waals surface area contributed by atoms with Crippen molar-refractivity contribution in [1.29, 1.82) is 0 Å². The van der Waals surface area contributed by atoms with Crippen LogP contribution in [-0.2, 0) is 11.0 Å². The van der Waals surface area contributed by atoms with Gasteiger partial charge in [0, 0.05) is 5.02 Å². The van der Waals surface area contributed by atoms with Crippen LogP contribution in [0.2, 0.25) is 10.0 Å². The molecule has 0 atom stereocenters. The lowest BCUT2D eigenvalue weighted by Crippen LogP contribution is -1.96. The zero-order chi connectivity index (χ0) is 12.3. The minimum Gasteiger partial charge on any atom is -0.482 e. The number of alkyl halides is 1. The maximum absolute atomic E-state index is 5.95. The van der Waals surface area contributed by atoms with Crippen LogP contribution in [0.3, 0.4) is 0 Å². The largest absolute Gasteiger partial charge is 0.482 e. The molecule has 17 heavy (non-hydrogen) atoms. The predicted octanol–water partition coefficient (Wildman–Crippen LogP) is 3.89. The van der Waals surface area contributed by atoms with Gasteiger partial charge in [-0.1, -0.05) is 50.9 Å². The molecule has 7 heteroatoms. The SMILES string of the molecule is Clc1ccc(OCc2nc(CI)no2)c(Cl)c1. The van der Waals surface area contributed by atoms with Gasteiger partial charge in [-0.3, -0.25) is 0 Å². The van der Waals surface area contributed by atoms with Crippen molar-refractivity contribution >= 4 is 45.8 Å². The molecule has 90 valence electrons. The Balaban J connectivity index is 2.02. The van der Waals surface area contributed by atoms with Crippen LogP contribution in [0, 0.1) is 0 Å². The molecule has 2 aromatic rings.